The molecule has 0 saturated heterocycles. The second-order valence-electron chi connectivity index (χ2n) is 3.30. The molecule has 1 rings (SSSR count). The molecule has 3 heteroatoms. The van der Waals surface area contributed by atoms with Crippen LogP contribution in [0.4, 0.5) is 4.39 Å². The Kier molecular flexibility index (Phi) is 4.68. The van der Waals surface area contributed by atoms with Crippen molar-refractivity contribution < 1.29 is 9.13 Å². The molecule has 0 bridgehead atoms. The van der Waals surface area contributed by atoms with Crippen molar-refractivity contribution in [3.05, 3.63) is 41.6 Å². The van der Waals surface area contributed by atoms with Crippen molar-refractivity contribution in [2.24, 2.45) is 5.73 Å². The molecule has 0 amide bonds. The Bertz CT molecular complexity index is 336. The third-order valence-electron chi connectivity index (χ3n) is 2.13. The summed E-state index contributed by atoms with van der Waals surface area (Å²) in [6, 6.07) is 7.83. The van der Waals surface area contributed by atoms with E-state index in [4.69, 9.17) is 10.5 Å². The lowest BCUT2D eigenvalue weighted by Crippen LogP contribution is -1.98. The number of nitrogens with two attached hydrogens (primary N) is 1. The number of hydrogen-bond donors (Lipinski definition) is 1. The second-order valence-corrected chi connectivity index (χ2v) is 3.30. The van der Waals surface area contributed by atoms with Gasteiger partial charge in [0.25, 0.3) is 0 Å². The summed E-state index contributed by atoms with van der Waals surface area (Å²) in [5.74, 6) is 0.843. The average molecular weight is 209 g/mol. The fourth-order valence-corrected chi connectivity index (χ4v) is 1.31. The minimum Gasteiger partial charge on any atom is -0.497 e. The first kappa shape index (κ1) is 11.6. The molecule has 0 saturated carbocycles. The molecule has 0 aliphatic heterocycles. The van der Waals surface area contributed by atoms with Gasteiger partial charge in [-0.3, -0.25) is 0 Å². The zero-order valence-electron chi connectivity index (χ0n) is 8.87. The quantitative estimate of drug-likeness (QED) is 0.808. The molecule has 2 nitrogen and oxygen atoms in total. The number of halogens is 1. The first-order chi connectivity index (χ1) is 7.26. The topological polar surface area (TPSA) is 35.2 Å². The van der Waals surface area contributed by atoms with Crippen LogP contribution >= 0.6 is 0 Å². The highest BCUT2D eigenvalue weighted by Gasteiger charge is 1.95. The Morgan fingerprint density at radius 3 is 3.00 bits per heavy atom. The normalized spacial score (nSPS) is 11.5. The molecular formula is C12H16FNO. The molecule has 0 aliphatic rings. The van der Waals surface area contributed by atoms with Crippen LogP contribution in [0.25, 0.3) is 0 Å². The van der Waals surface area contributed by atoms with Crippen LogP contribution in [0.1, 0.15) is 12.0 Å². The summed E-state index contributed by atoms with van der Waals surface area (Å²) in [5, 5.41) is 0. The number of alkyl halides is 1. The first-order valence-electron chi connectivity index (χ1n) is 4.89. The Balaban J connectivity index is 2.50. The lowest BCUT2D eigenvalue weighted by molar-refractivity contribution is 0.414. The molecule has 0 atom stereocenters. The van der Waals surface area contributed by atoms with Crippen LogP contribution in [0.5, 0.6) is 5.75 Å². The third-order valence-corrected chi connectivity index (χ3v) is 2.13. The fourth-order valence-electron chi connectivity index (χ4n) is 1.31. The summed E-state index contributed by atoms with van der Waals surface area (Å²) < 4.78 is 17.1. The minimum atomic E-state index is -0.571. The summed E-state index contributed by atoms with van der Waals surface area (Å²) in [7, 11) is 1.64. The van der Waals surface area contributed by atoms with Gasteiger partial charge in [-0.2, -0.15) is 0 Å². The maximum atomic E-state index is 12.0. The van der Waals surface area contributed by atoms with E-state index in [1.807, 2.05) is 24.3 Å². The molecule has 0 aliphatic carbocycles. The maximum absolute atomic E-state index is 12.0. The Hall–Kier alpha value is -1.51. The van der Waals surface area contributed by atoms with Crippen LogP contribution in [-0.4, -0.2) is 13.8 Å². The zero-order chi connectivity index (χ0) is 11.1. The highest BCUT2D eigenvalue weighted by Crippen LogP contribution is 2.14. The Morgan fingerprint density at radius 1 is 1.53 bits per heavy atom. The van der Waals surface area contributed by atoms with Gasteiger partial charge in [-0.25, -0.2) is 4.39 Å². The standard InChI is InChI=1S/C12H16FNO/c1-15-12-7-3-5-10(8-12)4-2-6-11(14)9-13/h3,5-8H,2,4,9,14H2,1H3/b11-6+. The van der Waals surface area contributed by atoms with Gasteiger partial charge in [0.05, 0.1) is 7.11 Å². The number of hydrogen-bond acceptors (Lipinski definition) is 2. The van der Waals surface area contributed by atoms with E-state index in [1.54, 1.807) is 13.2 Å². The predicted molar refractivity (Wildman–Crippen MR) is 59.6 cm³/mol. The van der Waals surface area contributed by atoms with E-state index in [2.05, 4.69) is 0 Å². The zero-order valence-corrected chi connectivity index (χ0v) is 8.87. The van der Waals surface area contributed by atoms with E-state index in [-0.39, 0.29) is 0 Å². The number of ether oxygens (including phenoxy) is 1. The van der Waals surface area contributed by atoms with Crippen LogP contribution < -0.4 is 10.5 Å². The van der Waals surface area contributed by atoms with Crippen molar-refractivity contribution in [3.63, 3.8) is 0 Å². The monoisotopic (exact) mass is 209 g/mol. The van der Waals surface area contributed by atoms with Crippen LogP contribution in [0, 0.1) is 0 Å². The van der Waals surface area contributed by atoms with Crippen molar-refractivity contribution in [2.45, 2.75) is 12.8 Å². The van der Waals surface area contributed by atoms with E-state index in [9.17, 15) is 4.39 Å². The van der Waals surface area contributed by atoms with Crippen LogP contribution in [-0.2, 0) is 6.42 Å². The summed E-state index contributed by atoms with van der Waals surface area (Å²) in [5.41, 5.74) is 6.82. The molecule has 15 heavy (non-hydrogen) atoms. The molecule has 2 N–H and O–H groups in total. The van der Waals surface area contributed by atoms with Crippen molar-refractivity contribution in [1.29, 1.82) is 0 Å². The molecule has 0 aromatic heterocycles. The van der Waals surface area contributed by atoms with Gasteiger partial charge in [0.2, 0.25) is 0 Å². The van der Waals surface area contributed by atoms with Gasteiger partial charge >= 0.3 is 0 Å². The number of allylic oxidation sites excluding steroid dienone is 2. The molecule has 1 aromatic rings. The summed E-state index contributed by atoms with van der Waals surface area (Å²) in [4.78, 5) is 0. The van der Waals surface area contributed by atoms with E-state index in [1.165, 1.54) is 0 Å². The van der Waals surface area contributed by atoms with E-state index in [0.717, 1.165) is 24.2 Å². The first-order valence-corrected chi connectivity index (χ1v) is 4.89. The molecule has 0 spiro atoms. The summed E-state index contributed by atoms with van der Waals surface area (Å²) in [6.45, 7) is -0.571. The van der Waals surface area contributed by atoms with Crippen LogP contribution in [0.3, 0.4) is 0 Å². The van der Waals surface area contributed by atoms with Crippen molar-refractivity contribution in [3.8, 4) is 5.75 Å². The van der Waals surface area contributed by atoms with Gasteiger partial charge in [0, 0.05) is 5.70 Å². The SMILES string of the molecule is COc1cccc(CC/C=C(/N)CF)c1. The molecular weight excluding hydrogens is 193 g/mol. The highest BCUT2D eigenvalue weighted by atomic mass is 19.1. The number of rotatable bonds is 5. The van der Waals surface area contributed by atoms with Gasteiger partial charge in [-0.1, -0.05) is 18.2 Å². The lowest BCUT2D eigenvalue weighted by atomic mass is 10.1. The maximum Gasteiger partial charge on any atom is 0.128 e. The molecule has 0 fully saturated rings. The average Bonchev–Trinajstić information content (AvgIpc) is 2.29. The Labute approximate surface area is 89.6 Å². The third kappa shape index (κ3) is 4.02. The van der Waals surface area contributed by atoms with Crippen molar-refractivity contribution in [2.75, 3.05) is 13.8 Å². The van der Waals surface area contributed by atoms with E-state index >= 15 is 0 Å². The van der Waals surface area contributed by atoms with Crippen LogP contribution in [0.2, 0.25) is 0 Å². The summed E-state index contributed by atoms with van der Waals surface area (Å²) >= 11 is 0. The van der Waals surface area contributed by atoms with Gasteiger partial charge in [-0.05, 0) is 30.5 Å². The smallest absolute Gasteiger partial charge is 0.128 e. The number of aryl methyl sites for hydroxylation is 1. The lowest BCUT2D eigenvalue weighted by Gasteiger charge is -2.02. The highest BCUT2D eigenvalue weighted by molar-refractivity contribution is 5.28. The second kappa shape index (κ2) is 6.06. The van der Waals surface area contributed by atoms with E-state index < -0.39 is 6.67 Å². The molecule has 0 radical (unpaired) electrons. The van der Waals surface area contributed by atoms with Crippen molar-refractivity contribution in [1.82, 2.24) is 0 Å². The molecule has 82 valence electrons. The molecule has 0 unspecified atom stereocenters. The van der Waals surface area contributed by atoms with Crippen molar-refractivity contribution >= 4 is 0 Å². The minimum absolute atomic E-state index is 0.304. The Morgan fingerprint density at radius 2 is 2.33 bits per heavy atom. The molecule has 0 heterocycles. The van der Waals surface area contributed by atoms with Gasteiger partial charge in [-0.15, -0.1) is 0 Å². The molecule has 1 aromatic carbocycles. The van der Waals surface area contributed by atoms with Gasteiger partial charge in [0.1, 0.15) is 12.4 Å². The summed E-state index contributed by atoms with van der Waals surface area (Å²) in [6.07, 6.45) is 3.32. The van der Waals surface area contributed by atoms with Crippen LogP contribution in [0.15, 0.2) is 36.0 Å². The number of methoxy groups -OCH3 is 1. The van der Waals surface area contributed by atoms with Gasteiger partial charge in [0.15, 0.2) is 0 Å². The predicted octanol–water partition coefficient (Wildman–Crippen LogP) is 2.44. The largest absolute Gasteiger partial charge is 0.497 e. The van der Waals surface area contributed by atoms with Gasteiger partial charge < -0.3 is 10.5 Å². The number of benzene rings is 1. The van der Waals surface area contributed by atoms with E-state index in [0.29, 0.717) is 5.70 Å². The fraction of sp³-hybridized carbons (Fsp3) is 0.333.